The number of primary amides is 1. The number of hydrogen-bond acceptors (Lipinski definition) is 4. The van der Waals surface area contributed by atoms with E-state index in [9.17, 15) is 9.59 Å². The number of benzene rings is 2. The molecular weight excluding hydrogens is 400 g/mol. The first-order valence-electron chi connectivity index (χ1n) is 10.5. The minimum atomic E-state index is -0.611. The molecular formula is C24H29ClN2O3. The lowest BCUT2D eigenvalue weighted by Crippen LogP contribution is -2.32. The molecule has 6 heteroatoms. The molecule has 1 amide bonds. The van der Waals surface area contributed by atoms with E-state index in [2.05, 4.69) is 17.0 Å². The Morgan fingerprint density at radius 3 is 2.43 bits per heavy atom. The molecule has 5 nitrogen and oxygen atoms in total. The summed E-state index contributed by atoms with van der Waals surface area (Å²) in [5.41, 5.74) is 9.05. The number of esters is 1. The number of rotatable bonds is 7. The van der Waals surface area contributed by atoms with Crippen molar-refractivity contribution >= 4 is 29.2 Å². The average Bonchev–Trinajstić information content (AvgIpc) is 2.75. The van der Waals surface area contributed by atoms with Crippen LogP contribution in [-0.2, 0) is 9.53 Å². The van der Waals surface area contributed by atoms with E-state index in [4.69, 9.17) is 22.1 Å². The van der Waals surface area contributed by atoms with Gasteiger partial charge >= 0.3 is 5.97 Å². The van der Waals surface area contributed by atoms with Crippen molar-refractivity contribution in [2.24, 2.45) is 5.73 Å². The molecule has 3 rings (SSSR count). The van der Waals surface area contributed by atoms with Crippen LogP contribution in [-0.4, -0.2) is 31.6 Å². The van der Waals surface area contributed by atoms with Gasteiger partial charge in [0.15, 0.2) is 0 Å². The summed E-state index contributed by atoms with van der Waals surface area (Å²) in [6.45, 7) is 6.07. The summed E-state index contributed by atoms with van der Waals surface area (Å²) < 4.78 is 5.04. The second kappa shape index (κ2) is 9.98. The Morgan fingerprint density at radius 2 is 1.80 bits per heavy atom. The standard InChI is InChI=1S/C24H29ClN2O3/c1-3-30-24(29)17-11-12-19(20(25)15-17)22(23(26)28)16(2)18-9-5-6-10-21(18)27-13-7-4-8-14-27/h5-6,9-12,15-16,22H,3-4,7-8,13-14H2,1-2H3,(H2,26,28). The minimum Gasteiger partial charge on any atom is -0.462 e. The first-order chi connectivity index (χ1) is 14.4. The van der Waals surface area contributed by atoms with Crippen molar-refractivity contribution in [3.63, 3.8) is 0 Å². The van der Waals surface area contributed by atoms with Crippen LogP contribution in [0.2, 0.25) is 5.02 Å². The second-order valence-electron chi connectivity index (χ2n) is 7.73. The lowest BCUT2D eigenvalue weighted by Gasteiger charge is -2.33. The zero-order valence-corrected chi connectivity index (χ0v) is 18.3. The second-order valence-corrected chi connectivity index (χ2v) is 8.14. The number of hydrogen-bond donors (Lipinski definition) is 1. The monoisotopic (exact) mass is 428 g/mol. The predicted molar refractivity (Wildman–Crippen MR) is 120 cm³/mol. The Kier molecular flexibility index (Phi) is 7.38. The maximum Gasteiger partial charge on any atom is 0.338 e. The van der Waals surface area contributed by atoms with E-state index in [1.807, 2.05) is 19.1 Å². The molecule has 30 heavy (non-hydrogen) atoms. The number of para-hydroxylation sites is 1. The topological polar surface area (TPSA) is 72.6 Å². The van der Waals surface area contributed by atoms with Crippen molar-refractivity contribution in [2.45, 2.75) is 44.9 Å². The van der Waals surface area contributed by atoms with Crippen LogP contribution < -0.4 is 10.6 Å². The van der Waals surface area contributed by atoms with Crippen molar-refractivity contribution < 1.29 is 14.3 Å². The van der Waals surface area contributed by atoms with E-state index in [1.54, 1.807) is 25.1 Å². The summed E-state index contributed by atoms with van der Waals surface area (Å²) in [4.78, 5) is 26.9. The summed E-state index contributed by atoms with van der Waals surface area (Å²) in [6.07, 6.45) is 3.59. The van der Waals surface area contributed by atoms with Crippen molar-refractivity contribution in [1.29, 1.82) is 0 Å². The average molecular weight is 429 g/mol. The van der Waals surface area contributed by atoms with Crippen LogP contribution in [0, 0.1) is 0 Å². The van der Waals surface area contributed by atoms with Gasteiger partial charge < -0.3 is 15.4 Å². The van der Waals surface area contributed by atoms with E-state index in [0.717, 1.165) is 24.3 Å². The summed E-state index contributed by atoms with van der Waals surface area (Å²) in [5, 5.41) is 0.339. The summed E-state index contributed by atoms with van der Waals surface area (Å²) in [6, 6.07) is 13.1. The lowest BCUT2D eigenvalue weighted by molar-refractivity contribution is -0.119. The van der Waals surface area contributed by atoms with Crippen LogP contribution in [0.15, 0.2) is 42.5 Å². The van der Waals surface area contributed by atoms with Crippen LogP contribution in [0.1, 0.15) is 66.4 Å². The number of nitrogens with two attached hydrogens (primary N) is 1. The molecule has 0 spiro atoms. The van der Waals surface area contributed by atoms with Crippen molar-refractivity contribution in [3.05, 3.63) is 64.2 Å². The van der Waals surface area contributed by atoms with Gasteiger partial charge in [-0.3, -0.25) is 4.79 Å². The molecule has 1 fully saturated rings. The van der Waals surface area contributed by atoms with E-state index in [1.165, 1.54) is 19.3 Å². The zero-order chi connectivity index (χ0) is 21.7. The highest BCUT2D eigenvalue weighted by Gasteiger charge is 2.31. The maximum absolute atomic E-state index is 12.5. The van der Waals surface area contributed by atoms with Gasteiger partial charge in [-0.1, -0.05) is 42.8 Å². The SMILES string of the molecule is CCOC(=O)c1ccc(C(C(N)=O)C(C)c2ccccc2N2CCCCC2)c(Cl)c1. The Morgan fingerprint density at radius 1 is 1.10 bits per heavy atom. The number of carbonyl (C=O) groups excluding carboxylic acids is 2. The van der Waals surface area contributed by atoms with Crippen LogP contribution in [0.25, 0.3) is 0 Å². The van der Waals surface area contributed by atoms with E-state index < -0.39 is 17.8 Å². The largest absolute Gasteiger partial charge is 0.462 e. The van der Waals surface area contributed by atoms with Crippen molar-refractivity contribution in [1.82, 2.24) is 0 Å². The van der Waals surface area contributed by atoms with E-state index >= 15 is 0 Å². The van der Waals surface area contributed by atoms with Crippen molar-refractivity contribution in [2.75, 3.05) is 24.6 Å². The number of nitrogens with zero attached hydrogens (tertiary/aromatic N) is 1. The summed E-state index contributed by atoms with van der Waals surface area (Å²) >= 11 is 6.51. The van der Waals surface area contributed by atoms with Crippen LogP contribution in [0.4, 0.5) is 5.69 Å². The molecule has 2 aromatic rings. The van der Waals surface area contributed by atoms with Gasteiger partial charge in [-0.15, -0.1) is 0 Å². The molecule has 0 bridgehead atoms. The minimum absolute atomic E-state index is 0.174. The molecule has 0 aromatic heterocycles. The van der Waals surface area contributed by atoms with Crippen LogP contribution >= 0.6 is 11.6 Å². The van der Waals surface area contributed by atoms with Gasteiger partial charge in [-0.2, -0.15) is 0 Å². The predicted octanol–water partition coefficient (Wildman–Crippen LogP) is 4.88. The molecule has 2 N–H and O–H groups in total. The van der Waals surface area contributed by atoms with Gasteiger partial charge in [-0.05, 0) is 61.4 Å². The van der Waals surface area contributed by atoms with E-state index in [-0.39, 0.29) is 12.5 Å². The molecule has 1 aliphatic heterocycles. The fraction of sp³-hybridized carbons (Fsp3) is 0.417. The first-order valence-corrected chi connectivity index (χ1v) is 10.9. The van der Waals surface area contributed by atoms with Gasteiger partial charge in [0.2, 0.25) is 5.91 Å². The Bertz CT molecular complexity index is 909. The van der Waals surface area contributed by atoms with Gasteiger partial charge in [-0.25, -0.2) is 4.79 Å². The molecule has 2 aromatic carbocycles. The first kappa shape index (κ1) is 22.2. The fourth-order valence-corrected chi connectivity index (χ4v) is 4.56. The Balaban J connectivity index is 1.96. The van der Waals surface area contributed by atoms with Gasteiger partial charge in [0.25, 0.3) is 0 Å². The Labute approximate surface area is 183 Å². The molecule has 160 valence electrons. The smallest absolute Gasteiger partial charge is 0.338 e. The maximum atomic E-state index is 12.5. The normalized spacial score (nSPS) is 16.0. The van der Waals surface area contributed by atoms with Gasteiger partial charge in [0, 0.05) is 23.8 Å². The van der Waals surface area contributed by atoms with Gasteiger partial charge in [0.05, 0.1) is 18.1 Å². The highest BCUT2D eigenvalue weighted by molar-refractivity contribution is 6.32. The number of amides is 1. The Hall–Kier alpha value is -2.53. The van der Waals surface area contributed by atoms with E-state index in [0.29, 0.717) is 16.1 Å². The number of anilines is 1. The van der Waals surface area contributed by atoms with Gasteiger partial charge in [0.1, 0.15) is 0 Å². The molecule has 1 heterocycles. The molecule has 0 aliphatic carbocycles. The number of ether oxygens (including phenoxy) is 1. The zero-order valence-electron chi connectivity index (χ0n) is 17.6. The highest BCUT2D eigenvalue weighted by Crippen LogP contribution is 2.40. The molecule has 0 radical (unpaired) electrons. The van der Waals surface area contributed by atoms with Crippen LogP contribution in [0.3, 0.4) is 0 Å². The fourth-order valence-electron chi connectivity index (χ4n) is 4.26. The summed E-state index contributed by atoms with van der Waals surface area (Å²) in [5.74, 6) is -1.67. The number of carbonyl (C=O) groups is 2. The van der Waals surface area contributed by atoms with Crippen LogP contribution in [0.5, 0.6) is 0 Å². The third-order valence-electron chi connectivity index (χ3n) is 5.78. The third kappa shape index (κ3) is 4.78. The third-order valence-corrected chi connectivity index (χ3v) is 6.10. The summed E-state index contributed by atoms with van der Waals surface area (Å²) in [7, 11) is 0. The molecule has 2 atom stereocenters. The quantitative estimate of drug-likeness (QED) is 0.638. The highest BCUT2D eigenvalue weighted by atomic mass is 35.5. The number of piperidine rings is 1. The van der Waals surface area contributed by atoms with Crippen molar-refractivity contribution in [3.8, 4) is 0 Å². The molecule has 0 saturated carbocycles. The number of halogens is 1. The molecule has 1 aliphatic rings. The molecule has 2 unspecified atom stereocenters. The molecule has 1 saturated heterocycles. The lowest BCUT2D eigenvalue weighted by atomic mass is 9.81.